The molecular weight excluding hydrogens is 450 g/mol. The highest BCUT2D eigenvalue weighted by Gasteiger charge is 2.29. The number of rotatable bonds is 7. The lowest BCUT2D eigenvalue weighted by molar-refractivity contribution is -0.115. The number of carbonyl (C=O) groups is 1. The number of aryl methyl sites for hydroxylation is 2. The summed E-state index contributed by atoms with van der Waals surface area (Å²) in [6, 6.07) is 19.9. The van der Waals surface area contributed by atoms with Crippen molar-refractivity contribution in [3.8, 4) is 11.5 Å². The summed E-state index contributed by atoms with van der Waals surface area (Å²) in [4.78, 5) is 12.6. The van der Waals surface area contributed by atoms with Gasteiger partial charge in [-0.1, -0.05) is 36.4 Å². The van der Waals surface area contributed by atoms with Crippen LogP contribution in [0.25, 0.3) is 0 Å². The number of ether oxygens (including phenoxy) is 1. The molecule has 0 unspecified atom stereocenters. The van der Waals surface area contributed by atoms with E-state index in [0.29, 0.717) is 37.6 Å². The molecule has 3 aromatic rings. The van der Waals surface area contributed by atoms with Crippen molar-refractivity contribution in [1.82, 2.24) is 9.62 Å². The topological polar surface area (TPSA) is 87.7 Å². The number of piperazine rings is 1. The van der Waals surface area contributed by atoms with Gasteiger partial charge in [0.15, 0.2) is 0 Å². The Kier molecular flexibility index (Phi) is 7.31. The van der Waals surface area contributed by atoms with Crippen LogP contribution in [0.2, 0.25) is 0 Å². The molecule has 1 heterocycles. The third kappa shape index (κ3) is 5.83. The standard InChI is InChI=1S/C26H29N3O4S/c1-19-14-20(2)16-23(15-19)33-24-9-8-22(28-26(30)17-21-6-4-3-5-7-21)18-25(24)34(31,32)29-12-10-27-11-13-29/h3-9,14-16,18,27H,10-13,17H2,1-2H3,(H,28,30). The molecule has 2 N–H and O–H groups in total. The number of carbonyl (C=O) groups excluding carboxylic acids is 1. The summed E-state index contributed by atoms with van der Waals surface area (Å²) >= 11 is 0. The first-order chi connectivity index (χ1) is 16.3. The van der Waals surface area contributed by atoms with E-state index < -0.39 is 10.0 Å². The van der Waals surface area contributed by atoms with E-state index in [4.69, 9.17) is 4.74 Å². The van der Waals surface area contributed by atoms with Gasteiger partial charge in [0.25, 0.3) is 0 Å². The Morgan fingerprint density at radius 1 is 0.971 bits per heavy atom. The predicted molar refractivity (Wildman–Crippen MR) is 133 cm³/mol. The molecule has 3 aromatic carbocycles. The van der Waals surface area contributed by atoms with Crippen LogP contribution in [0.1, 0.15) is 16.7 Å². The Hall–Kier alpha value is -3.20. The Morgan fingerprint density at radius 2 is 1.65 bits per heavy atom. The van der Waals surface area contributed by atoms with Crippen molar-refractivity contribution in [2.45, 2.75) is 25.2 Å². The zero-order chi connectivity index (χ0) is 24.1. The Balaban J connectivity index is 1.66. The fourth-order valence-corrected chi connectivity index (χ4v) is 5.58. The molecule has 1 amide bonds. The van der Waals surface area contributed by atoms with E-state index in [2.05, 4.69) is 10.6 Å². The summed E-state index contributed by atoms with van der Waals surface area (Å²) in [7, 11) is -3.83. The van der Waals surface area contributed by atoms with E-state index in [1.54, 1.807) is 12.1 Å². The molecule has 8 heteroatoms. The van der Waals surface area contributed by atoms with Gasteiger partial charge in [-0.2, -0.15) is 4.31 Å². The second kappa shape index (κ2) is 10.4. The van der Waals surface area contributed by atoms with Crippen LogP contribution in [0.5, 0.6) is 11.5 Å². The average Bonchev–Trinajstić information content (AvgIpc) is 2.80. The number of nitrogens with zero attached hydrogens (tertiary/aromatic N) is 1. The zero-order valence-corrected chi connectivity index (χ0v) is 20.2. The molecule has 0 spiro atoms. The number of anilines is 1. The molecular formula is C26H29N3O4S. The first-order valence-corrected chi connectivity index (χ1v) is 12.7. The van der Waals surface area contributed by atoms with E-state index >= 15 is 0 Å². The van der Waals surface area contributed by atoms with Crippen LogP contribution in [0.15, 0.2) is 71.6 Å². The maximum Gasteiger partial charge on any atom is 0.246 e. The molecule has 0 aromatic heterocycles. The molecule has 1 aliphatic heterocycles. The van der Waals surface area contributed by atoms with Gasteiger partial charge in [0, 0.05) is 31.9 Å². The van der Waals surface area contributed by atoms with Gasteiger partial charge in [-0.15, -0.1) is 0 Å². The van der Waals surface area contributed by atoms with Crippen LogP contribution in [-0.2, 0) is 21.2 Å². The minimum Gasteiger partial charge on any atom is -0.456 e. The van der Waals surface area contributed by atoms with Crippen molar-refractivity contribution in [1.29, 1.82) is 0 Å². The predicted octanol–water partition coefficient (Wildman–Crippen LogP) is 3.87. The highest BCUT2D eigenvalue weighted by molar-refractivity contribution is 7.89. The summed E-state index contributed by atoms with van der Waals surface area (Å²) in [6.07, 6.45) is 0.196. The van der Waals surface area contributed by atoms with Crippen molar-refractivity contribution in [2.75, 3.05) is 31.5 Å². The number of hydrogen-bond acceptors (Lipinski definition) is 5. The Morgan fingerprint density at radius 3 is 2.32 bits per heavy atom. The van der Waals surface area contributed by atoms with Crippen molar-refractivity contribution >= 4 is 21.6 Å². The third-order valence-corrected chi connectivity index (χ3v) is 7.47. The molecule has 0 aliphatic carbocycles. The highest BCUT2D eigenvalue weighted by atomic mass is 32.2. The fourth-order valence-electron chi connectivity index (χ4n) is 4.00. The van der Waals surface area contributed by atoms with Gasteiger partial charge < -0.3 is 15.4 Å². The lowest BCUT2D eigenvalue weighted by atomic mass is 10.1. The van der Waals surface area contributed by atoms with Crippen LogP contribution in [0, 0.1) is 13.8 Å². The summed E-state index contributed by atoms with van der Waals surface area (Å²) in [5.41, 5.74) is 3.32. The van der Waals surface area contributed by atoms with Crippen molar-refractivity contribution < 1.29 is 17.9 Å². The number of nitrogens with one attached hydrogen (secondary N) is 2. The second-order valence-corrected chi connectivity index (χ2v) is 10.4. The molecule has 1 saturated heterocycles. The quantitative estimate of drug-likeness (QED) is 0.537. The van der Waals surface area contributed by atoms with Gasteiger partial charge in [-0.05, 0) is 60.9 Å². The van der Waals surface area contributed by atoms with Gasteiger partial charge in [-0.3, -0.25) is 4.79 Å². The summed E-state index contributed by atoms with van der Waals surface area (Å²) in [5, 5.41) is 6.00. The summed E-state index contributed by atoms with van der Waals surface area (Å²) in [5.74, 6) is 0.569. The molecule has 34 heavy (non-hydrogen) atoms. The molecule has 1 fully saturated rings. The van der Waals surface area contributed by atoms with Crippen LogP contribution in [-0.4, -0.2) is 44.8 Å². The van der Waals surface area contributed by atoms with Gasteiger partial charge in [0.05, 0.1) is 6.42 Å². The molecule has 0 bridgehead atoms. The molecule has 178 valence electrons. The van der Waals surface area contributed by atoms with Gasteiger partial charge in [-0.25, -0.2) is 8.42 Å². The second-order valence-electron chi connectivity index (χ2n) is 8.45. The number of benzene rings is 3. The van der Waals surface area contributed by atoms with E-state index in [1.165, 1.54) is 10.4 Å². The lowest BCUT2D eigenvalue weighted by Crippen LogP contribution is -2.46. The smallest absolute Gasteiger partial charge is 0.246 e. The van der Waals surface area contributed by atoms with E-state index in [1.807, 2.05) is 62.4 Å². The van der Waals surface area contributed by atoms with Crippen molar-refractivity contribution in [3.05, 3.63) is 83.4 Å². The number of hydrogen-bond donors (Lipinski definition) is 2. The summed E-state index contributed by atoms with van der Waals surface area (Å²) < 4.78 is 34.7. The highest BCUT2D eigenvalue weighted by Crippen LogP contribution is 2.34. The SMILES string of the molecule is Cc1cc(C)cc(Oc2ccc(NC(=O)Cc3ccccc3)cc2S(=O)(=O)N2CCNCC2)c1. The molecule has 7 nitrogen and oxygen atoms in total. The van der Waals surface area contributed by atoms with Crippen LogP contribution >= 0.6 is 0 Å². The largest absolute Gasteiger partial charge is 0.456 e. The fraction of sp³-hybridized carbons (Fsp3) is 0.269. The molecule has 4 rings (SSSR count). The molecule has 0 atom stereocenters. The first kappa shape index (κ1) is 23.9. The minimum absolute atomic E-state index is 0.0334. The van der Waals surface area contributed by atoms with Gasteiger partial charge in [0.2, 0.25) is 15.9 Å². The molecule has 0 radical (unpaired) electrons. The molecule has 0 saturated carbocycles. The van der Waals surface area contributed by atoms with Crippen molar-refractivity contribution in [2.24, 2.45) is 0 Å². The lowest BCUT2D eigenvalue weighted by Gasteiger charge is -2.27. The van der Waals surface area contributed by atoms with Crippen LogP contribution in [0.3, 0.4) is 0 Å². The first-order valence-electron chi connectivity index (χ1n) is 11.3. The Labute approximate surface area is 200 Å². The van der Waals surface area contributed by atoms with E-state index in [0.717, 1.165) is 16.7 Å². The van der Waals surface area contributed by atoms with Gasteiger partial charge >= 0.3 is 0 Å². The van der Waals surface area contributed by atoms with E-state index in [9.17, 15) is 13.2 Å². The van der Waals surface area contributed by atoms with Crippen LogP contribution < -0.4 is 15.4 Å². The molecule has 1 aliphatic rings. The maximum atomic E-state index is 13.6. The monoisotopic (exact) mass is 479 g/mol. The average molecular weight is 480 g/mol. The van der Waals surface area contributed by atoms with E-state index in [-0.39, 0.29) is 23.0 Å². The summed E-state index contributed by atoms with van der Waals surface area (Å²) in [6.45, 7) is 5.83. The van der Waals surface area contributed by atoms with Gasteiger partial charge in [0.1, 0.15) is 16.4 Å². The normalized spacial score (nSPS) is 14.5. The third-order valence-electron chi connectivity index (χ3n) is 5.55. The van der Waals surface area contributed by atoms with Crippen LogP contribution in [0.4, 0.5) is 5.69 Å². The maximum absolute atomic E-state index is 13.6. The Bertz CT molecular complexity index is 1250. The number of amides is 1. The zero-order valence-electron chi connectivity index (χ0n) is 19.4. The minimum atomic E-state index is -3.83. The number of sulfonamides is 1. The van der Waals surface area contributed by atoms with Crippen molar-refractivity contribution in [3.63, 3.8) is 0 Å².